The molecule has 1 fully saturated rings. The number of aromatic amines is 1. The number of nitrogens with zero attached hydrogens (tertiary/aromatic N) is 2. The molecule has 27 heavy (non-hydrogen) atoms. The summed E-state index contributed by atoms with van der Waals surface area (Å²) in [6.07, 6.45) is 1.86. The van der Waals surface area contributed by atoms with Crippen LogP contribution in [-0.2, 0) is 0 Å². The molecular formula is C21H23N3O3. The Hall–Kier alpha value is -3.02. The highest BCUT2D eigenvalue weighted by molar-refractivity contribution is 5.95. The van der Waals surface area contributed by atoms with Gasteiger partial charge in [0, 0.05) is 12.1 Å². The number of methoxy groups -OCH3 is 1. The van der Waals surface area contributed by atoms with E-state index in [-0.39, 0.29) is 11.9 Å². The van der Waals surface area contributed by atoms with E-state index in [2.05, 4.69) is 4.98 Å². The number of aromatic nitrogens is 2. The molecule has 1 N–H and O–H groups in total. The van der Waals surface area contributed by atoms with E-state index in [4.69, 9.17) is 14.5 Å². The number of hydrogen-bond acceptors (Lipinski definition) is 4. The molecular weight excluding hydrogens is 342 g/mol. The lowest BCUT2D eigenvalue weighted by atomic mass is 10.1. The zero-order valence-corrected chi connectivity index (χ0v) is 15.6. The van der Waals surface area contributed by atoms with E-state index in [1.807, 2.05) is 36.1 Å². The minimum atomic E-state index is -0.0393. The summed E-state index contributed by atoms with van der Waals surface area (Å²) >= 11 is 0. The number of nitrogens with one attached hydrogen (secondary N) is 1. The maximum absolute atomic E-state index is 13.2. The molecule has 0 aliphatic carbocycles. The van der Waals surface area contributed by atoms with Crippen molar-refractivity contribution in [2.45, 2.75) is 25.8 Å². The Morgan fingerprint density at radius 1 is 1.26 bits per heavy atom. The van der Waals surface area contributed by atoms with Gasteiger partial charge in [-0.3, -0.25) is 4.79 Å². The molecule has 1 aliphatic rings. The minimum absolute atomic E-state index is 0.0124. The zero-order chi connectivity index (χ0) is 18.8. The van der Waals surface area contributed by atoms with Gasteiger partial charge >= 0.3 is 0 Å². The Labute approximate surface area is 158 Å². The van der Waals surface area contributed by atoms with Crippen LogP contribution in [0.25, 0.3) is 11.0 Å². The molecule has 2 aromatic carbocycles. The zero-order valence-electron chi connectivity index (χ0n) is 15.6. The topological polar surface area (TPSA) is 67.5 Å². The standard InChI is InChI=1S/C21H23N3O3/c1-3-27-19-13-14(10-11-18(19)26-2)21(25)24-12-6-9-17(24)20-22-15-7-4-5-8-16(15)23-20/h4-5,7-8,10-11,13,17H,3,6,9,12H2,1-2H3,(H,22,23). The number of imidazole rings is 1. The van der Waals surface area contributed by atoms with Crippen LogP contribution in [0.5, 0.6) is 11.5 Å². The third-order valence-electron chi connectivity index (χ3n) is 4.95. The van der Waals surface area contributed by atoms with Crippen molar-refractivity contribution in [3.63, 3.8) is 0 Å². The molecule has 0 radical (unpaired) electrons. The average molecular weight is 365 g/mol. The first kappa shape index (κ1) is 17.4. The highest BCUT2D eigenvalue weighted by atomic mass is 16.5. The van der Waals surface area contributed by atoms with E-state index in [9.17, 15) is 4.79 Å². The summed E-state index contributed by atoms with van der Waals surface area (Å²) in [7, 11) is 1.59. The van der Waals surface area contributed by atoms with Crippen LogP contribution in [0.2, 0.25) is 0 Å². The molecule has 0 spiro atoms. The van der Waals surface area contributed by atoms with E-state index in [1.165, 1.54) is 0 Å². The summed E-state index contributed by atoms with van der Waals surface area (Å²) in [6.45, 7) is 3.14. The van der Waals surface area contributed by atoms with Crippen molar-refractivity contribution in [2.24, 2.45) is 0 Å². The van der Waals surface area contributed by atoms with Gasteiger partial charge in [-0.2, -0.15) is 0 Å². The molecule has 2 heterocycles. The second-order valence-corrected chi connectivity index (χ2v) is 6.59. The summed E-state index contributed by atoms with van der Waals surface area (Å²) < 4.78 is 10.9. The van der Waals surface area contributed by atoms with Gasteiger partial charge in [-0.05, 0) is 50.1 Å². The van der Waals surface area contributed by atoms with Crippen LogP contribution >= 0.6 is 0 Å². The monoisotopic (exact) mass is 365 g/mol. The first-order chi connectivity index (χ1) is 13.2. The average Bonchev–Trinajstić information content (AvgIpc) is 3.34. The largest absolute Gasteiger partial charge is 0.493 e. The van der Waals surface area contributed by atoms with Crippen LogP contribution in [0.4, 0.5) is 0 Å². The van der Waals surface area contributed by atoms with E-state index >= 15 is 0 Å². The number of hydrogen-bond donors (Lipinski definition) is 1. The van der Waals surface area contributed by atoms with Crippen molar-refractivity contribution >= 4 is 16.9 Å². The molecule has 0 bridgehead atoms. The van der Waals surface area contributed by atoms with Crippen molar-refractivity contribution in [3.8, 4) is 11.5 Å². The number of para-hydroxylation sites is 2. The van der Waals surface area contributed by atoms with Gasteiger partial charge in [-0.1, -0.05) is 12.1 Å². The number of fused-ring (bicyclic) bond motifs is 1. The number of rotatable bonds is 5. The third-order valence-corrected chi connectivity index (χ3v) is 4.95. The fourth-order valence-corrected chi connectivity index (χ4v) is 3.67. The molecule has 0 saturated carbocycles. The fraction of sp³-hybridized carbons (Fsp3) is 0.333. The number of carbonyl (C=O) groups is 1. The highest BCUT2D eigenvalue weighted by Gasteiger charge is 2.33. The van der Waals surface area contributed by atoms with Gasteiger partial charge in [-0.15, -0.1) is 0 Å². The molecule has 1 amide bonds. The number of H-pyrrole nitrogens is 1. The number of benzene rings is 2. The smallest absolute Gasteiger partial charge is 0.254 e. The normalized spacial score (nSPS) is 16.7. The Balaban J connectivity index is 1.63. The van der Waals surface area contributed by atoms with Crippen molar-refractivity contribution in [1.82, 2.24) is 14.9 Å². The van der Waals surface area contributed by atoms with Gasteiger partial charge in [0.05, 0.1) is 30.8 Å². The molecule has 3 aromatic rings. The lowest BCUT2D eigenvalue weighted by Crippen LogP contribution is -2.31. The van der Waals surface area contributed by atoms with Crippen molar-refractivity contribution in [1.29, 1.82) is 0 Å². The SMILES string of the molecule is CCOc1cc(C(=O)N2CCCC2c2nc3ccccc3[nH]2)ccc1OC. The summed E-state index contributed by atoms with van der Waals surface area (Å²) in [5.74, 6) is 2.05. The van der Waals surface area contributed by atoms with Crippen LogP contribution < -0.4 is 9.47 Å². The van der Waals surface area contributed by atoms with E-state index in [0.29, 0.717) is 23.7 Å². The first-order valence-electron chi connectivity index (χ1n) is 9.27. The maximum atomic E-state index is 13.2. The molecule has 1 aromatic heterocycles. The Morgan fingerprint density at radius 3 is 2.89 bits per heavy atom. The van der Waals surface area contributed by atoms with Crippen LogP contribution in [0.15, 0.2) is 42.5 Å². The van der Waals surface area contributed by atoms with Crippen LogP contribution in [0.3, 0.4) is 0 Å². The second kappa shape index (κ2) is 7.31. The lowest BCUT2D eigenvalue weighted by Gasteiger charge is -2.23. The Morgan fingerprint density at radius 2 is 2.11 bits per heavy atom. The van der Waals surface area contributed by atoms with Crippen molar-refractivity contribution in [3.05, 3.63) is 53.9 Å². The van der Waals surface area contributed by atoms with Gasteiger partial charge in [-0.25, -0.2) is 4.98 Å². The molecule has 1 saturated heterocycles. The van der Waals surface area contributed by atoms with Crippen LogP contribution in [0, 0.1) is 0 Å². The maximum Gasteiger partial charge on any atom is 0.254 e. The first-order valence-corrected chi connectivity index (χ1v) is 9.27. The van der Waals surface area contributed by atoms with Gasteiger partial charge in [0.25, 0.3) is 5.91 Å². The minimum Gasteiger partial charge on any atom is -0.493 e. The van der Waals surface area contributed by atoms with E-state index in [0.717, 1.165) is 36.2 Å². The fourth-order valence-electron chi connectivity index (χ4n) is 3.67. The number of likely N-dealkylation sites (tertiary alicyclic amines) is 1. The van der Waals surface area contributed by atoms with Crippen molar-refractivity contribution < 1.29 is 14.3 Å². The van der Waals surface area contributed by atoms with E-state index < -0.39 is 0 Å². The van der Waals surface area contributed by atoms with Crippen LogP contribution in [-0.4, -0.2) is 41.0 Å². The van der Waals surface area contributed by atoms with Crippen LogP contribution in [0.1, 0.15) is 42.0 Å². The Bertz CT molecular complexity index is 933. The third kappa shape index (κ3) is 3.23. The summed E-state index contributed by atoms with van der Waals surface area (Å²) in [6, 6.07) is 13.2. The van der Waals surface area contributed by atoms with Gasteiger partial charge < -0.3 is 19.4 Å². The van der Waals surface area contributed by atoms with Gasteiger partial charge in [0.15, 0.2) is 11.5 Å². The molecule has 140 valence electrons. The van der Waals surface area contributed by atoms with Gasteiger partial charge in [0.1, 0.15) is 5.82 Å². The number of amides is 1. The van der Waals surface area contributed by atoms with E-state index in [1.54, 1.807) is 25.3 Å². The summed E-state index contributed by atoms with van der Waals surface area (Å²) in [5.41, 5.74) is 2.52. The highest BCUT2D eigenvalue weighted by Crippen LogP contribution is 2.34. The summed E-state index contributed by atoms with van der Waals surface area (Å²) in [5, 5.41) is 0. The van der Waals surface area contributed by atoms with Crippen molar-refractivity contribution in [2.75, 3.05) is 20.3 Å². The molecule has 6 heteroatoms. The Kier molecular flexibility index (Phi) is 4.71. The predicted octanol–water partition coefficient (Wildman–Crippen LogP) is 3.95. The number of carbonyl (C=O) groups excluding carboxylic acids is 1. The van der Waals surface area contributed by atoms with Gasteiger partial charge in [0.2, 0.25) is 0 Å². The molecule has 6 nitrogen and oxygen atoms in total. The molecule has 1 aliphatic heterocycles. The molecule has 1 unspecified atom stereocenters. The second-order valence-electron chi connectivity index (χ2n) is 6.59. The predicted molar refractivity (Wildman–Crippen MR) is 103 cm³/mol. The molecule has 4 rings (SSSR count). The lowest BCUT2D eigenvalue weighted by molar-refractivity contribution is 0.0730. The number of ether oxygens (including phenoxy) is 2. The quantitative estimate of drug-likeness (QED) is 0.743. The molecule has 1 atom stereocenters. The summed E-state index contributed by atoms with van der Waals surface area (Å²) in [4.78, 5) is 23.2.